The Morgan fingerprint density at radius 2 is 1.76 bits per heavy atom. The van der Waals surface area contributed by atoms with E-state index in [9.17, 15) is 4.79 Å². The number of fused-ring (bicyclic) bond motifs is 2. The predicted octanol–water partition coefficient (Wildman–Crippen LogP) is 5.70. The number of aromatic nitrogens is 1. The van der Waals surface area contributed by atoms with Crippen molar-refractivity contribution in [1.29, 1.82) is 0 Å². The first kappa shape index (κ1) is 20.5. The molecule has 6 rings (SSSR count). The number of amidine groups is 1. The minimum absolute atomic E-state index is 0.124. The van der Waals surface area contributed by atoms with Crippen LogP contribution in [0.2, 0.25) is 0 Å². The summed E-state index contributed by atoms with van der Waals surface area (Å²) in [7, 11) is 1.91. The molecule has 0 saturated carbocycles. The van der Waals surface area contributed by atoms with Gasteiger partial charge >= 0.3 is 0 Å². The SMILES string of the molecule is CN1C(=C2SC(=Nc3cccc4ncccc34)N(Cc3ccccc3)C2=O)Oc2ccccc21. The summed E-state index contributed by atoms with van der Waals surface area (Å²) in [5.74, 6) is 1.14. The highest BCUT2D eigenvalue weighted by atomic mass is 32.2. The molecule has 0 radical (unpaired) electrons. The van der Waals surface area contributed by atoms with Crippen LogP contribution in [-0.4, -0.2) is 28.0 Å². The molecule has 166 valence electrons. The zero-order chi connectivity index (χ0) is 23.1. The van der Waals surface area contributed by atoms with Gasteiger partial charge in [0, 0.05) is 18.6 Å². The molecule has 2 aliphatic heterocycles. The zero-order valence-electron chi connectivity index (χ0n) is 18.4. The Labute approximate surface area is 201 Å². The van der Waals surface area contributed by atoms with Crippen molar-refractivity contribution in [3.63, 3.8) is 0 Å². The van der Waals surface area contributed by atoms with Crippen LogP contribution in [0.1, 0.15) is 5.56 Å². The van der Waals surface area contributed by atoms with Crippen molar-refractivity contribution in [3.8, 4) is 5.75 Å². The highest BCUT2D eigenvalue weighted by Gasteiger charge is 2.40. The van der Waals surface area contributed by atoms with Gasteiger partial charge < -0.3 is 9.64 Å². The maximum absolute atomic E-state index is 13.7. The van der Waals surface area contributed by atoms with Crippen LogP contribution in [0.15, 0.2) is 107 Å². The number of hydrogen-bond donors (Lipinski definition) is 0. The van der Waals surface area contributed by atoms with Crippen molar-refractivity contribution >= 4 is 45.1 Å². The number of carbonyl (C=O) groups excluding carboxylic acids is 1. The summed E-state index contributed by atoms with van der Waals surface area (Å²) in [6, 6.07) is 27.4. The van der Waals surface area contributed by atoms with Gasteiger partial charge in [0.05, 0.1) is 23.4 Å². The van der Waals surface area contributed by atoms with E-state index >= 15 is 0 Å². The smallest absolute Gasteiger partial charge is 0.272 e. The van der Waals surface area contributed by atoms with E-state index in [-0.39, 0.29) is 5.91 Å². The average Bonchev–Trinajstić information content (AvgIpc) is 3.36. The molecule has 0 bridgehead atoms. The van der Waals surface area contributed by atoms with Crippen LogP contribution >= 0.6 is 11.8 Å². The summed E-state index contributed by atoms with van der Waals surface area (Å²) in [5, 5.41) is 1.55. The summed E-state index contributed by atoms with van der Waals surface area (Å²) in [6.45, 7) is 0.419. The summed E-state index contributed by atoms with van der Waals surface area (Å²) in [6.07, 6.45) is 1.77. The van der Waals surface area contributed by atoms with Gasteiger partial charge in [0.15, 0.2) is 10.9 Å². The number of anilines is 1. The average molecular weight is 465 g/mol. The Kier molecular flexibility index (Phi) is 5.04. The number of para-hydroxylation sites is 2. The van der Waals surface area contributed by atoms with Gasteiger partial charge in [-0.25, -0.2) is 4.99 Å². The molecule has 0 spiro atoms. The Hall–Kier alpha value is -4.10. The molecule has 0 atom stereocenters. The Bertz CT molecular complexity index is 1480. The number of pyridine rings is 1. The van der Waals surface area contributed by atoms with Crippen molar-refractivity contribution in [1.82, 2.24) is 9.88 Å². The Morgan fingerprint density at radius 3 is 2.62 bits per heavy atom. The maximum atomic E-state index is 13.7. The first-order valence-corrected chi connectivity index (χ1v) is 11.7. The number of aliphatic imine (C=N–C) groups is 1. The quantitative estimate of drug-likeness (QED) is 0.364. The van der Waals surface area contributed by atoms with Crippen LogP contribution in [0.4, 0.5) is 11.4 Å². The van der Waals surface area contributed by atoms with Gasteiger partial charge in [-0.15, -0.1) is 0 Å². The molecule has 1 fully saturated rings. The van der Waals surface area contributed by atoms with Gasteiger partial charge in [0.1, 0.15) is 4.91 Å². The minimum atomic E-state index is -0.124. The maximum Gasteiger partial charge on any atom is 0.272 e. The van der Waals surface area contributed by atoms with Crippen LogP contribution in [0.25, 0.3) is 10.9 Å². The Balaban J connectivity index is 1.45. The van der Waals surface area contributed by atoms with E-state index in [0.717, 1.165) is 33.6 Å². The molecule has 1 saturated heterocycles. The monoisotopic (exact) mass is 464 g/mol. The van der Waals surface area contributed by atoms with Crippen LogP contribution in [0, 0.1) is 0 Å². The highest BCUT2D eigenvalue weighted by Crippen LogP contribution is 2.44. The van der Waals surface area contributed by atoms with Gasteiger partial charge in [-0.3, -0.25) is 14.7 Å². The third kappa shape index (κ3) is 3.50. The minimum Gasteiger partial charge on any atom is -0.437 e. The number of hydrogen-bond acceptors (Lipinski definition) is 6. The highest BCUT2D eigenvalue weighted by molar-refractivity contribution is 8.18. The van der Waals surface area contributed by atoms with Crippen LogP contribution in [0.3, 0.4) is 0 Å². The van der Waals surface area contributed by atoms with Gasteiger partial charge in [-0.1, -0.05) is 48.5 Å². The number of benzene rings is 3. The molecule has 6 nitrogen and oxygen atoms in total. The van der Waals surface area contributed by atoms with E-state index in [4.69, 9.17) is 9.73 Å². The van der Waals surface area contributed by atoms with Crippen LogP contribution < -0.4 is 9.64 Å². The first-order chi connectivity index (χ1) is 16.7. The molecular weight excluding hydrogens is 444 g/mol. The van der Waals surface area contributed by atoms with Crippen molar-refractivity contribution in [2.45, 2.75) is 6.54 Å². The second-order valence-electron chi connectivity index (χ2n) is 7.98. The lowest BCUT2D eigenvalue weighted by Crippen LogP contribution is -2.29. The molecule has 1 aromatic heterocycles. The topological polar surface area (TPSA) is 58.0 Å². The van der Waals surface area contributed by atoms with E-state index in [1.807, 2.05) is 96.9 Å². The van der Waals surface area contributed by atoms with Crippen LogP contribution in [0.5, 0.6) is 5.75 Å². The number of thioether (sulfide) groups is 1. The number of nitrogens with zero attached hydrogens (tertiary/aromatic N) is 4. The largest absolute Gasteiger partial charge is 0.437 e. The van der Waals surface area contributed by atoms with Crippen molar-refractivity contribution in [2.75, 3.05) is 11.9 Å². The number of ether oxygens (including phenoxy) is 1. The zero-order valence-corrected chi connectivity index (χ0v) is 19.2. The van der Waals surface area contributed by atoms with E-state index in [1.54, 1.807) is 11.1 Å². The molecule has 0 N–H and O–H groups in total. The number of rotatable bonds is 3. The van der Waals surface area contributed by atoms with E-state index < -0.39 is 0 Å². The molecule has 0 unspecified atom stereocenters. The summed E-state index contributed by atoms with van der Waals surface area (Å²) >= 11 is 1.34. The molecule has 34 heavy (non-hydrogen) atoms. The van der Waals surface area contributed by atoms with E-state index in [2.05, 4.69) is 4.98 Å². The molecule has 3 heterocycles. The molecule has 4 aromatic rings. The third-order valence-corrected chi connectivity index (χ3v) is 6.87. The Morgan fingerprint density at radius 1 is 0.941 bits per heavy atom. The molecule has 1 amide bonds. The standard InChI is InChI=1S/C27H20N4O2S/c1-30-22-14-5-6-15-23(22)33-26(30)24-25(32)31(17-18-9-3-2-4-10-18)27(34-24)29-21-13-7-12-20-19(21)11-8-16-28-20/h2-16H,17H2,1H3. The lowest BCUT2D eigenvalue weighted by atomic mass is 10.2. The van der Waals surface area contributed by atoms with Gasteiger partial charge in [-0.05, 0) is 53.7 Å². The van der Waals surface area contributed by atoms with Crippen LogP contribution in [-0.2, 0) is 11.3 Å². The lowest BCUT2D eigenvalue weighted by molar-refractivity contribution is -0.122. The fourth-order valence-electron chi connectivity index (χ4n) is 4.11. The number of amides is 1. The molecular formula is C27H20N4O2S. The molecule has 0 aliphatic carbocycles. The van der Waals surface area contributed by atoms with E-state index in [1.165, 1.54) is 11.8 Å². The van der Waals surface area contributed by atoms with Crippen molar-refractivity contribution in [3.05, 3.63) is 107 Å². The van der Waals surface area contributed by atoms with Crippen molar-refractivity contribution < 1.29 is 9.53 Å². The number of carbonyl (C=O) groups is 1. The normalized spacial score (nSPS) is 18.6. The molecule has 7 heteroatoms. The van der Waals surface area contributed by atoms with Gasteiger partial charge in [0.25, 0.3) is 5.91 Å². The first-order valence-electron chi connectivity index (χ1n) is 10.9. The fourth-order valence-corrected chi connectivity index (χ4v) is 5.16. The van der Waals surface area contributed by atoms with Crippen molar-refractivity contribution in [2.24, 2.45) is 4.99 Å². The van der Waals surface area contributed by atoms with Gasteiger partial charge in [-0.2, -0.15) is 0 Å². The van der Waals surface area contributed by atoms with E-state index in [0.29, 0.717) is 22.5 Å². The second kappa shape index (κ2) is 8.35. The predicted molar refractivity (Wildman–Crippen MR) is 136 cm³/mol. The summed E-state index contributed by atoms with van der Waals surface area (Å²) < 4.78 is 6.11. The van der Waals surface area contributed by atoms with Gasteiger partial charge in [0.2, 0.25) is 5.88 Å². The fraction of sp³-hybridized carbons (Fsp3) is 0.0741. The third-order valence-electron chi connectivity index (χ3n) is 5.82. The second-order valence-corrected chi connectivity index (χ2v) is 8.96. The molecule has 2 aliphatic rings. The summed E-state index contributed by atoms with van der Waals surface area (Å²) in [4.78, 5) is 27.2. The lowest BCUT2D eigenvalue weighted by Gasteiger charge is -2.16. The summed E-state index contributed by atoms with van der Waals surface area (Å²) in [5.41, 5.74) is 3.59. The molecule has 3 aromatic carbocycles.